The molecule has 1 amide bonds. The highest BCUT2D eigenvalue weighted by Gasteiger charge is 2.28. The van der Waals surface area contributed by atoms with E-state index in [1.54, 1.807) is 20.9 Å². The molecule has 0 aliphatic heterocycles. The minimum atomic E-state index is -3.86. The van der Waals surface area contributed by atoms with E-state index in [9.17, 15) is 13.2 Å². The van der Waals surface area contributed by atoms with Crippen molar-refractivity contribution in [2.45, 2.75) is 44.7 Å². The number of nitrogens with one attached hydrogen (secondary N) is 2. The Morgan fingerprint density at radius 2 is 1.85 bits per heavy atom. The number of carbonyl (C=O) groups is 1. The minimum absolute atomic E-state index is 0.110. The van der Waals surface area contributed by atoms with Crippen LogP contribution in [-0.2, 0) is 21.9 Å². The van der Waals surface area contributed by atoms with Crippen molar-refractivity contribution in [3.05, 3.63) is 45.7 Å². The zero-order chi connectivity index (χ0) is 19.6. The predicted octanol–water partition coefficient (Wildman–Crippen LogP) is 2.34. The fourth-order valence-corrected chi connectivity index (χ4v) is 5.00. The van der Waals surface area contributed by atoms with Gasteiger partial charge in [0, 0.05) is 11.5 Å². The quantitative estimate of drug-likeness (QED) is 0.717. The monoisotopic (exact) mass is 442 g/mol. The molecule has 0 bridgehead atoms. The van der Waals surface area contributed by atoms with Gasteiger partial charge in [0.2, 0.25) is 15.9 Å². The second-order valence-electron chi connectivity index (χ2n) is 6.22. The maximum Gasteiger partial charge on any atom is 0.244 e. The molecule has 26 heavy (non-hydrogen) atoms. The van der Waals surface area contributed by atoms with Gasteiger partial charge in [0.15, 0.2) is 0 Å². The lowest BCUT2D eigenvalue weighted by molar-refractivity contribution is -0.123. The van der Waals surface area contributed by atoms with Gasteiger partial charge in [-0.2, -0.15) is 9.82 Å². The van der Waals surface area contributed by atoms with Crippen LogP contribution in [0.15, 0.2) is 33.6 Å². The summed E-state index contributed by atoms with van der Waals surface area (Å²) in [6.07, 6.45) is 0. The van der Waals surface area contributed by atoms with Gasteiger partial charge >= 0.3 is 0 Å². The summed E-state index contributed by atoms with van der Waals surface area (Å²) in [5.41, 5.74) is 1.82. The van der Waals surface area contributed by atoms with Crippen molar-refractivity contribution in [3.8, 4) is 0 Å². The number of halogens is 1. The molecular formula is C17H23BrN4O3S. The highest BCUT2D eigenvalue weighted by molar-refractivity contribution is 9.10. The van der Waals surface area contributed by atoms with Gasteiger partial charge in [0.25, 0.3) is 0 Å². The smallest absolute Gasteiger partial charge is 0.244 e. The molecule has 2 atom stereocenters. The molecule has 0 saturated carbocycles. The van der Waals surface area contributed by atoms with E-state index in [2.05, 4.69) is 31.1 Å². The van der Waals surface area contributed by atoms with Crippen LogP contribution < -0.4 is 10.0 Å². The summed E-state index contributed by atoms with van der Waals surface area (Å²) in [5, 5.41) is 6.95. The van der Waals surface area contributed by atoms with E-state index >= 15 is 0 Å². The van der Waals surface area contributed by atoms with Gasteiger partial charge in [-0.15, -0.1) is 0 Å². The molecule has 0 aliphatic carbocycles. The van der Waals surface area contributed by atoms with Gasteiger partial charge in [-0.3, -0.25) is 9.48 Å². The summed E-state index contributed by atoms with van der Waals surface area (Å²) in [5.74, 6) is -0.406. The second-order valence-corrected chi connectivity index (χ2v) is 8.72. The third-order valence-corrected chi connectivity index (χ3v) is 6.68. The number of rotatable bonds is 6. The van der Waals surface area contributed by atoms with Crippen LogP contribution in [0.4, 0.5) is 0 Å². The predicted molar refractivity (Wildman–Crippen MR) is 103 cm³/mol. The molecule has 0 spiro atoms. The van der Waals surface area contributed by atoms with Crippen molar-refractivity contribution >= 4 is 31.9 Å². The summed E-state index contributed by atoms with van der Waals surface area (Å²) in [6, 6.07) is 6.35. The highest BCUT2D eigenvalue weighted by Crippen LogP contribution is 2.23. The third-order valence-electron chi connectivity index (χ3n) is 4.17. The third kappa shape index (κ3) is 4.33. The number of carbonyl (C=O) groups excluding carboxylic acids is 1. The number of benzene rings is 1. The molecule has 2 aromatic rings. The first-order chi connectivity index (χ1) is 12.0. The van der Waals surface area contributed by atoms with Crippen LogP contribution >= 0.6 is 15.9 Å². The molecule has 2 N–H and O–H groups in total. The Morgan fingerprint density at radius 3 is 2.38 bits per heavy atom. The molecule has 142 valence electrons. The van der Waals surface area contributed by atoms with Crippen LogP contribution in [-0.4, -0.2) is 30.1 Å². The minimum Gasteiger partial charge on any atom is -0.348 e. The normalized spacial score (nSPS) is 14.1. The van der Waals surface area contributed by atoms with E-state index in [1.165, 1.54) is 11.6 Å². The largest absolute Gasteiger partial charge is 0.348 e. The van der Waals surface area contributed by atoms with E-state index in [0.29, 0.717) is 11.4 Å². The standard InChI is InChI=1S/C17H23BrN4O3S/c1-10(14-8-6-7-9-15(14)18)19-17(23)12(3)21-26(24,25)16-11(2)20-22(5)13(16)4/h6-10,12,21H,1-5H3,(H,19,23)/t10-,12-/m0/s1. The number of aromatic nitrogens is 2. The van der Waals surface area contributed by atoms with Crippen molar-refractivity contribution in [2.75, 3.05) is 0 Å². The number of amides is 1. The lowest BCUT2D eigenvalue weighted by Crippen LogP contribution is -2.45. The molecule has 0 aliphatic rings. The lowest BCUT2D eigenvalue weighted by Gasteiger charge is -2.20. The zero-order valence-corrected chi connectivity index (χ0v) is 17.8. The molecule has 0 unspecified atom stereocenters. The van der Waals surface area contributed by atoms with Gasteiger partial charge in [-0.1, -0.05) is 34.1 Å². The van der Waals surface area contributed by atoms with Crippen LogP contribution in [0.1, 0.15) is 36.8 Å². The van der Waals surface area contributed by atoms with Crippen molar-refractivity contribution in [3.63, 3.8) is 0 Å². The van der Waals surface area contributed by atoms with Crippen LogP contribution in [0.2, 0.25) is 0 Å². The average molecular weight is 443 g/mol. The van der Waals surface area contributed by atoms with E-state index in [4.69, 9.17) is 0 Å². The van der Waals surface area contributed by atoms with Crippen molar-refractivity contribution in [1.29, 1.82) is 0 Å². The number of aryl methyl sites for hydroxylation is 2. The van der Waals surface area contributed by atoms with Gasteiger partial charge < -0.3 is 5.32 Å². The summed E-state index contributed by atoms with van der Waals surface area (Å²) < 4.78 is 30.1. The number of nitrogens with zero attached hydrogens (tertiary/aromatic N) is 2. The molecule has 7 nitrogen and oxygen atoms in total. The maximum atomic E-state index is 12.7. The Morgan fingerprint density at radius 1 is 1.23 bits per heavy atom. The first-order valence-electron chi connectivity index (χ1n) is 8.12. The van der Waals surface area contributed by atoms with E-state index in [0.717, 1.165) is 10.0 Å². The molecule has 0 radical (unpaired) electrons. The molecule has 9 heteroatoms. The summed E-state index contributed by atoms with van der Waals surface area (Å²) in [4.78, 5) is 12.6. The van der Waals surface area contributed by atoms with Crippen molar-refractivity contribution in [2.24, 2.45) is 7.05 Å². The van der Waals surface area contributed by atoms with E-state index < -0.39 is 22.0 Å². The van der Waals surface area contributed by atoms with Gasteiger partial charge in [0.05, 0.1) is 23.5 Å². The number of hydrogen-bond acceptors (Lipinski definition) is 4. The maximum absolute atomic E-state index is 12.7. The molecule has 1 aromatic carbocycles. The number of sulfonamides is 1. The van der Waals surface area contributed by atoms with Crippen LogP contribution in [0.3, 0.4) is 0 Å². The molecule has 2 rings (SSSR count). The Hall–Kier alpha value is -1.71. The van der Waals surface area contributed by atoms with Crippen molar-refractivity contribution < 1.29 is 13.2 Å². The van der Waals surface area contributed by atoms with Gasteiger partial charge in [-0.25, -0.2) is 8.42 Å². The molecule has 0 saturated heterocycles. The van der Waals surface area contributed by atoms with Crippen LogP contribution in [0.5, 0.6) is 0 Å². The average Bonchev–Trinajstić information content (AvgIpc) is 2.80. The molecule has 1 aromatic heterocycles. The zero-order valence-electron chi connectivity index (χ0n) is 15.4. The lowest BCUT2D eigenvalue weighted by atomic mass is 10.1. The van der Waals surface area contributed by atoms with Crippen LogP contribution in [0.25, 0.3) is 0 Å². The van der Waals surface area contributed by atoms with Gasteiger partial charge in [0.1, 0.15) is 4.90 Å². The fourth-order valence-electron chi connectivity index (χ4n) is 2.73. The SMILES string of the molecule is Cc1nn(C)c(C)c1S(=O)(=O)N[C@@H](C)C(=O)N[C@@H](C)c1ccccc1Br. The topological polar surface area (TPSA) is 93.1 Å². The fraction of sp³-hybridized carbons (Fsp3) is 0.412. The summed E-state index contributed by atoms with van der Waals surface area (Å²) >= 11 is 3.45. The van der Waals surface area contributed by atoms with Crippen molar-refractivity contribution in [1.82, 2.24) is 19.8 Å². The van der Waals surface area contributed by atoms with Crippen LogP contribution in [0, 0.1) is 13.8 Å². The first kappa shape index (κ1) is 20.6. The first-order valence-corrected chi connectivity index (χ1v) is 10.4. The Labute approximate surface area is 162 Å². The highest BCUT2D eigenvalue weighted by atomic mass is 79.9. The molecule has 1 heterocycles. The second kappa shape index (κ2) is 7.89. The number of hydrogen-bond donors (Lipinski definition) is 2. The Kier molecular flexibility index (Phi) is 6.25. The summed E-state index contributed by atoms with van der Waals surface area (Å²) in [6.45, 7) is 6.66. The van der Waals surface area contributed by atoms with Gasteiger partial charge in [-0.05, 0) is 39.3 Å². The van der Waals surface area contributed by atoms with E-state index in [1.807, 2.05) is 31.2 Å². The Bertz CT molecular complexity index is 924. The molecular weight excluding hydrogens is 420 g/mol. The Balaban J connectivity index is 2.12. The van der Waals surface area contributed by atoms with E-state index in [-0.39, 0.29) is 10.9 Å². The summed E-state index contributed by atoms with van der Waals surface area (Å²) in [7, 11) is -2.18. The molecule has 0 fully saturated rings.